The maximum absolute atomic E-state index is 11.5. The average molecular weight is 250 g/mol. The molecule has 0 aromatic carbocycles. The van der Waals surface area contributed by atoms with Gasteiger partial charge in [-0.15, -0.1) is 0 Å². The lowest BCUT2D eigenvalue weighted by Crippen LogP contribution is -2.45. The van der Waals surface area contributed by atoms with Crippen LogP contribution in [0.3, 0.4) is 0 Å². The molecule has 0 heterocycles. The van der Waals surface area contributed by atoms with E-state index < -0.39 is 39.9 Å². The van der Waals surface area contributed by atoms with Gasteiger partial charge in [0.1, 0.15) is 11.3 Å². The predicted molar refractivity (Wildman–Crippen MR) is 56.9 cm³/mol. The van der Waals surface area contributed by atoms with Gasteiger partial charge in [-0.3, -0.25) is 13.8 Å². The van der Waals surface area contributed by atoms with Crippen LogP contribution >= 0.6 is 0 Å². The van der Waals surface area contributed by atoms with Gasteiger partial charge in [0.15, 0.2) is 0 Å². The lowest BCUT2D eigenvalue weighted by Gasteiger charge is -2.14. The minimum atomic E-state index is -1.73. The molecule has 0 spiro atoms. The van der Waals surface area contributed by atoms with Crippen LogP contribution < -0.4 is 11.1 Å². The SMILES string of the molecule is CC(=O)NC(CS(=O)C(C)C(N)=O)C(=O)O. The third-order valence-electron chi connectivity index (χ3n) is 1.80. The van der Waals surface area contributed by atoms with Crippen molar-refractivity contribution < 1.29 is 23.7 Å². The molecule has 7 nitrogen and oxygen atoms in total. The highest BCUT2D eigenvalue weighted by Crippen LogP contribution is 1.99. The van der Waals surface area contributed by atoms with E-state index in [-0.39, 0.29) is 5.75 Å². The summed E-state index contributed by atoms with van der Waals surface area (Å²) in [5, 5.41) is 9.90. The zero-order chi connectivity index (χ0) is 12.9. The summed E-state index contributed by atoms with van der Waals surface area (Å²) in [5.41, 5.74) is 4.92. The molecule has 8 heteroatoms. The second-order valence-corrected chi connectivity index (χ2v) is 4.99. The molecule has 3 atom stereocenters. The number of aliphatic carboxylic acids is 1. The van der Waals surface area contributed by atoms with Gasteiger partial charge in [0.25, 0.3) is 0 Å². The number of carboxylic acids is 1. The summed E-state index contributed by atoms with van der Waals surface area (Å²) in [5.74, 6) is -2.97. The van der Waals surface area contributed by atoms with E-state index in [1.165, 1.54) is 6.92 Å². The third kappa shape index (κ3) is 4.87. The highest BCUT2D eigenvalue weighted by atomic mass is 32.2. The van der Waals surface area contributed by atoms with Crippen LogP contribution in [0.2, 0.25) is 0 Å². The highest BCUT2D eigenvalue weighted by molar-refractivity contribution is 7.86. The second-order valence-electron chi connectivity index (χ2n) is 3.18. The van der Waals surface area contributed by atoms with Crippen molar-refractivity contribution in [2.24, 2.45) is 5.73 Å². The normalized spacial score (nSPS) is 15.9. The second kappa shape index (κ2) is 6.21. The quantitative estimate of drug-likeness (QED) is 0.512. The smallest absolute Gasteiger partial charge is 0.327 e. The van der Waals surface area contributed by atoms with Gasteiger partial charge in [0, 0.05) is 17.7 Å². The maximum Gasteiger partial charge on any atom is 0.327 e. The molecule has 0 aliphatic heterocycles. The van der Waals surface area contributed by atoms with Crippen molar-refractivity contribution in [1.29, 1.82) is 0 Å². The summed E-state index contributed by atoms with van der Waals surface area (Å²) in [7, 11) is -1.73. The zero-order valence-electron chi connectivity index (χ0n) is 8.93. The molecular formula is C8H14N2O5S. The molecular weight excluding hydrogens is 236 g/mol. The number of amides is 2. The molecule has 0 rings (SSSR count). The lowest BCUT2D eigenvalue weighted by atomic mass is 10.3. The van der Waals surface area contributed by atoms with Crippen molar-refractivity contribution in [2.75, 3.05) is 5.75 Å². The van der Waals surface area contributed by atoms with Crippen LogP contribution in [0, 0.1) is 0 Å². The Morgan fingerprint density at radius 1 is 1.44 bits per heavy atom. The topological polar surface area (TPSA) is 127 Å². The van der Waals surface area contributed by atoms with Crippen molar-refractivity contribution in [2.45, 2.75) is 25.1 Å². The molecule has 4 N–H and O–H groups in total. The Kier molecular flexibility index (Phi) is 5.65. The number of carbonyl (C=O) groups is 3. The molecule has 0 aromatic heterocycles. The van der Waals surface area contributed by atoms with Gasteiger partial charge in [-0.05, 0) is 6.92 Å². The average Bonchev–Trinajstić information content (AvgIpc) is 2.14. The Morgan fingerprint density at radius 3 is 2.25 bits per heavy atom. The minimum absolute atomic E-state index is 0.348. The number of hydrogen-bond acceptors (Lipinski definition) is 4. The van der Waals surface area contributed by atoms with Crippen molar-refractivity contribution >= 4 is 28.6 Å². The van der Waals surface area contributed by atoms with Crippen LogP contribution in [0.1, 0.15) is 13.8 Å². The van der Waals surface area contributed by atoms with Crippen molar-refractivity contribution in [3.63, 3.8) is 0 Å². The molecule has 0 radical (unpaired) electrons. The molecule has 0 fully saturated rings. The van der Waals surface area contributed by atoms with E-state index in [4.69, 9.17) is 10.8 Å². The van der Waals surface area contributed by atoms with Gasteiger partial charge < -0.3 is 16.2 Å². The summed E-state index contributed by atoms with van der Waals surface area (Å²) >= 11 is 0. The Balaban J connectivity index is 4.52. The zero-order valence-corrected chi connectivity index (χ0v) is 9.74. The summed E-state index contributed by atoms with van der Waals surface area (Å²) in [6.45, 7) is 2.49. The number of primary amides is 1. The Labute approximate surface area is 94.8 Å². The minimum Gasteiger partial charge on any atom is -0.480 e. The number of rotatable bonds is 6. The van der Waals surface area contributed by atoms with E-state index in [0.717, 1.165) is 6.92 Å². The molecule has 0 bridgehead atoms. The standard InChI is InChI=1S/C8H14N2O5S/c1-4(7(9)12)16(15)3-6(8(13)14)10-5(2)11/h4,6H,3H2,1-2H3,(H2,9,12)(H,10,11)(H,13,14). The summed E-state index contributed by atoms with van der Waals surface area (Å²) in [4.78, 5) is 32.1. The summed E-state index contributed by atoms with van der Waals surface area (Å²) in [6, 6.07) is -1.28. The number of hydrogen-bond donors (Lipinski definition) is 3. The van der Waals surface area contributed by atoms with E-state index >= 15 is 0 Å². The van der Waals surface area contributed by atoms with Crippen LogP contribution in [0.4, 0.5) is 0 Å². The molecule has 0 saturated carbocycles. The lowest BCUT2D eigenvalue weighted by molar-refractivity contribution is -0.140. The van der Waals surface area contributed by atoms with E-state index in [9.17, 15) is 18.6 Å². The number of carboxylic acid groups (broad SMARTS) is 1. The summed E-state index contributed by atoms with van der Waals surface area (Å²) in [6.07, 6.45) is 0. The Bertz CT molecular complexity index is 330. The van der Waals surface area contributed by atoms with Crippen molar-refractivity contribution in [3.8, 4) is 0 Å². The van der Waals surface area contributed by atoms with Gasteiger partial charge >= 0.3 is 5.97 Å². The van der Waals surface area contributed by atoms with E-state index in [1.54, 1.807) is 0 Å². The molecule has 0 saturated heterocycles. The first-order valence-corrected chi connectivity index (χ1v) is 5.80. The van der Waals surface area contributed by atoms with Crippen molar-refractivity contribution in [3.05, 3.63) is 0 Å². The van der Waals surface area contributed by atoms with E-state index in [0.29, 0.717) is 0 Å². The van der Waals surface area contributed by atoms with Gasteiger partial charge in [0.05, 0.1) is 5.75 Å². The van der Waals surface area contributed by atoms with Gasteiger partial charge in [-0.2, -0.15) is 0 Å². The molecule has 92 valence electrons. The van der Waals surface area contributed by atoms with Gasteiger partial charge in [-0.25, -0.2) is 4.79 Å². The van der Waals surface area contributed by atoms with Crippen LogP contribution in [0.5, 0.6) is 0 Å². The molecule has 0 aliphatic rings. The van der Waals surface area contributed by atoms with Crippen molar-refractivity contribution in [1.82, 2.24) is 5.32 Å². The fraction of sp³-hybridized carbons (Fsp3) is 0.625. The first-order valence-electron chi connectivity index (χ1n) is 4.42. The fourth-order valence-corrected chi connectivity index (χ4v) is 1.96. The first-order chi connectivity index (χ1) is 7.25. The van der Waals surface area contributed by atoms with E-state index in [1.807, 2.05) is 0 Å². The molecule has 0 aliphatic carbocycles. The third-order valence-corrected chi connectivity index (χ3v) is 3.48. The highest BCUT2D eigenvalue weighted by Gasteiger charge is 2.25. The van der Waals surface area contributed by atoms with Crippen LogP contribution in [-0.2, 0) is 25.2 Å². The molecule has 16 heavy (non-hydrogen) atoms. The van der Waals surface area contributed by atoms with Crippen LogP contribution in [-0.4, -0.2) is 44.1 Å². The maximum atomic E-state index is 11.5. The first kappa shape index (κ1) is 14.6. The number of nitrogens with two attached hydrogens (primary N) is 1. The van der Waals surface area contributed by atoms with Crippen LogP contribution in [0.25, 0.3) is 0 Å². The molecule has 3 unspecified atom stereocenters. The predicted octanol–water partition coefficient (Wildman–Crippen LogP) is -1.80. The molecule has 0 aromatic rings. The number of carbonyl (C=O) groups excluding carboxylic acids is 2. The fourth-order valence-electron chi connectivity index (χ4n) is 0.858. The monoisotopic (exact) mass is 250 g/mol. The number of nitrogens with one attached hydrogen (secondary N) is 1. The van der Waals surface area contributed by atoms with E-state index in [2.05, 4.69) is 5.32 Å². The Morgan fingerprint density at radius 2 is 1.94 bits per heavy atom. The molecule has 2 amide bonds. The van der Waals surface area contributed by atoms with Crippen LogP contribution in [0.15, 0.2) is 0 Å². The largest absolute Gasteiger partial charge is 0.480 e. The Hall–Kier alpha value is -1.44. The van der Waals surface area contributed by atoms with Gasteiger partial charge in [0.2, 0.25) is 11.8 Å². The summed E-state index contributed by atoms with van der Waals surface area (Å²) < 4.78 is 11.5. The van der Waals surface area contributed by atoms with Gasteiger partial charge in [-0.1, -0.05) is 0 Å².